The number of rotatable bonds is 8. The highest BCUT2D eigenvalue weighted by Crippen LogP contribution is 2.09. The number of nitrogens with one attached hydrogen (secondary N) is 2. The van der Waals surface area contributed by atoms with Gasteiger partial charge in [0, 0.05) is 19.0 Å². The van der Waals surface area contributed by atoms with Crippen molar-refractivity contribution in [3.63, 3.8) is 0 Å². The van der Waals surface area contributed by atoms with Crippen LogP contribution in [0, 0.1) is 0 Å². The molecule has 0 radical (unpaired) electrons. The van der Waals surface area contributed by atoms with Crippen molar-refractivity contribution in [3.8, 4) is 0 Å². The van der Waals surface area contributed by atoms with E-state index in [1.54, 1.807) is 20.8 Å². The molecular formula is C14H26N2O5. The number of carboxylic acids is 1. The molecule has 0 aromatic carbocycles. The lowest BCUT2D eigenvalue weighted by Gasteiger charge is -2.21. The standard InChI is InChI=1S/C14H26N2O5/c1-9(2)15-7-6-11(17)16-10(13(19)20)8-12(18)21-14(3,4)5/h9-10,15H,6-8H2,1-5H3,(H,16,17)(H,19,20)/t10-/m0/s1. The third kappa shape index (κ3) is 10.8. The fourth-order valence-electron chi connectivity index (χ4n) is 1.49. The number of hydrogen-bond donors (Lipinski definition) is 3. The molecule has 0 rings (SSSR count). The number of hydrogen-bond acceptors (Lipinski definition) is 5. The second kappa shape index (κ2) is 8.61. The summed E-state index contributed by atoms with van der Waals surface area (Å²) < 4.78 is 5.05. The molecule has 0 aliphatic carbocycles. The average molecular weight is 302 g/mol. The minimum atomic E-state index is -1.27. The third-order valence-corrected chi connectivity index (χ3v) is 2.33. The van der Waals surface area contributed by atoms with E-state index in [4.69, 9.17) is 9.84 Å². The van der Waals surface area contributed by atoms with Crippen LogP contribution in [0.5, 0.6) is 0 Å². The molecule has 122 valence electrons. The summed E-state index contributed by atoms with van der Waals surface area (Å²) in [5, 5.41) is 14.4. The van der Waals surface area contributed by atoms with Gasteiger partial charge in [0.1, 0.15) is 11.6 Å². The van der Waals surface area contributed by atoms with Crippen LogP contribution in [-0.2, 0) is 19.1 Å². The van der Waals surface area contributed by atoms with Gasteiger partial charge in [-0.2, -0.15) is 0 Å². The van der Waals surface area contributed by atoms with Crippen LogP contribution >= 0.6 is 0 Å². The van der Waals surface area contributed by atoms with E-state index >= 15 is 0 Å². The van der Waals surface area contributed by atoms with Crippen LogP contribution in [0.4, 0.5) is 0 Å². The molecule has 7 nitrogen and oxygen atoms in total. The van der Waals surface area contributed by atoms with Gasteiger partial charge in [-0.3, -0.25) is 9.59 Å². The number of carboxylic acid groups (broad SMARTS) is 1. The Bertz CT molecular complexity index is 374. The van der Waals surface area contributed by atoms with Crippen LogP contribution in [-0.4, -0.2) is 47.2 Å². The van der Waals surface area contributed by atoms with Crippen LogP contribution in [0.1, 0.15) is 47.5 Å². The molecule has 1 amide bonds. The molecule has 0 aromatic rings. The fourth-order valence-corrected chi connectivity index (χ4v) is 1.49. The van der Waals surface area contributed by atoms with Crippen molar-refractivity contribution in [1.82, 2.24) is 10.6 Å². The topological polar surface area (TPSA) is 105 Å². The first-order valence-corrected chi connectivity index (χ1v) is 6.98. The Labute approximate surface area is 125 Å². The quantitative estimate of drug-likeness (QED) is 0.569. The number of carbonyl (C=O) groups excluding carboxylic acids is 2. The van der Waals surface area contributed by atoms with E-state index in [2.05, 4.69) is 10.6 Å². The number of carbonyl (C=O) groups is 3. The zero-order chi connectivity index (χ0) is 16.6. The first-order chi connectivity index (χ1) is 9.51. The predicted molar refractivity (Wildman–Crippen MR) is 77.8 cm³/mol. The van der Waals surface area contributed by atoms with Gasteiger partial charge < -0.3 is 20.5 Å². The lowest BCUT2D eigenvalue weighted by molar-refractivity contribution is -0.158. The first-order valence-electron chi connectivity index (χ1n) is 6.98. The minimum Gasteiger partial charge on any atom is -0.480 e. The van der Waals surface area contributed by atoms with Gasteiger partial charge in [0.2, 0.25) is 5.91 Å². The van der Waals surface area contributed by atoms with Gasteiger partial charge in [-0.1, -0.05) is 13.8 Å². The molecule has 7 heteroatoms. The molecule has 0 aromatic heterocycles. The molecule has 3 N–H and O–H groups in total. The molecule has 21 heavy (non-hydrogen) atoms. The Morgan fingerprint density at radius 1 is 1.19 bits per heavy atom. The summed E-state index contributed by atoms with van der Waals surface area (Å²) >= 11 is 0. The normalized spacial score (nSPS) is 12.9. The lowest BCUT2D eigenvalue weighted by atomic mass is 10.1. The smallest absolute Gasteiger partial charge is 0.326 e. The summed E-state index contributed by atoms with van der Waals surface area (Å²) in [5.41, 5.74) is -0.689. The maximum absolute atomic E-state index is 11.6. The SMILES string of the molecule is CC(C)NCCC(=O)N[C@@H](CC(=O)OC(C)(C)C)C(=O)O. The van der Waals surface area contributed by atoms with Gasteiger partial charge >= 0.3 is 11.9 Å². The number of aliphatic carboxylic acids is 1. The predicted octanol–water partition coefficient (Wildman–Crippen LogP) is 0.676. The van der Waals surface area contributed by atoms with Gasteiger partial charge in [0.15, 0.2) is 0 Å². The van der Waals surface area contributed by atoms with E-state index < -0.39 is 35.9 Å². The monoisotopic (exact) mass is 302 g/mol. The fraction of sp³-hybridized carbons (Fsp3) is 0.786. The second-order valence-electron chi connectivity index (χ2n) is 6.11. The summed E-state index contributed by atoms with van der Waals surface area (Å²) in [5.74, 6) is -2.33. The lowest BCUT2D eigenvalue weighted by Crippen LogP contribution is -2.44. The van der Waals surface area contributed by atoms with E-state index in [0.29, 0.717) is 6.54 Å². The van der Waals surface area contributed by atoms with Crippen LogP contribution in [0.2, 0.25) is 0 Å². The Morgan fingerprint density at radius 2 is 1.76 bits per heavy atom. The zero-order valence-electron chi connectivity index (χ0n) is 13.4. The highest BCUT2D eigenvalue weighted by Gasteiger charge is 2.26. The summed E-state index contributed by atoms with van der Waals surface area (Å²) in [6.45, 7) is 9.41. The molecule has 0 heterocycles. The van der Waals surface area contributed by atoms with Crippen molar-refractivity contribution in [2.45, 2.75) is 65.1 Å². The summed E-state index contributed by atoms with van der Waals surface area (Å²) in [6, 6.07) is -1.03. The molecule has 0 saturated carbocycles. The van der Waals surface area contributed by atoms with Gasteiger partial charge in [-0.15, -0.1) is 0 Å². The van der Waals surface area contributed by atoms with Crippen LogP contribution < -0.4 is 10.6 Å². The molecule has 0 fully saturated rings. The second-order valence-corrected chi connectivity index (χ2v) is 6.11. The Kier molecular flexibility index (Phi) is 7.94. The molecule has 0 unspecified atom stereocenters. The van der Waals surface area contributed by atoms with Crippen molar-refractivity contribution in [3.05, 3.63) is 0 Å². The molecule has 1 atom stereocenters. The maximum atomic E-state index is 11.6. The van der Waals surface area contributed by atoms with Crippen LogP contribution in [0.3, 0.4) is 0 Å². The minimum absolute atomic E-state index is 0.149. The van der Waals surface area contributed by atoms with Crippen molar-refractivity contribution in [1.29, 1.82) is 0 Å². The molecular weight excluding hydrogens is 276 g/mol. The van der Waals surface area contributed by atoms with Crippen molar-refractivity contribution < 1.29 is 24.2 Å². The van der Waals surface area contributed by atoms with E-state index in [-0.39, 0.29) is 12.5 Å². The van der Waals surface area contributed by atoms with Gasteiger partial charge in [0.05, 0.1) is 6.42 Å². The average Bonchev–Trinajstić information content (AvgIpc) is 2.24. The summed E-state index contributed by atoms with van der Waals surface area (Å²) in [7, 11) is 0. The summed E-state index contributed by atoms with van der Waals surface area (Å²) in [4.78, 5) is 34.3. The van der Waals surface area contributed by atoms with E-state index in [1.165, 1.54) is 0 Å². The third-order valence-electron chi connectivity index (χ3n) is 2.33. The van der Waals surface area contributed by atoms with Gasteiger partial charge in [-0.25, -0.2) is 4.79 Å². The molecule has 0 spiro atoms. The molecule has 0 saturated heterocycles. The van der Waals surface area contributed by atoms with Crippen molar-refractivity contribution in [2.75, 3.05) is 6.54 Å². The Hall–Kier alpha value is -1.63. The van der Waals surface area contributed by atoms with Crippen molar-refractivity contribution in [2.24, 2.45) is 0 Å². The van der Waals surface area contributed by atoms with E-state index in [0.717, 1.165) is 0 Å². The molecule has 0 bridgehead atoms. The highest BCUT2D eigenvalue weighted by molar-refractivity contribution is 5.87. The highest BCUT2D eigenvalue weighted by atomic mass is 16.6. The number of ether oxygens (including phenoxy) is 1. The van der Waals surface area contributed by atoms with Gasteiger partial charge in [0.25, 0.3) is 0 Å². The maximum Gasteiger partial charge on any atom is 0.326 e. The summed E-state index contributed by atoms with van der Waals surface area (Å²) in [6.07, 6.45) is -0.244. The first kappa shape index (κ1) is 19.4. The largest absolute Gasteiger partial charge is 0.480 e. The Balaban J connectivity index is 4.34. The van der Waals surface area contributed by atoms with Gasteiger partial charge in [-0.05, 0) is 20.8 Å². The number of amides is 1. The van der Waals surface area contributed by atoms with E-state index in [1.807, 2.05) is 13.8 Å². The van der Waals surface area contributed by atoms with Crippen molar-refractivity contribution >= 4 is 17.8 Å². The Morgan fingerprint density at radius 3 is 2.19 bits per heavy atom. The van der Waals surface area contributed by atoms with E-state index in [9.17, 15) is 14.4 Å². The molecule has 0 aliphatic rings. The molecule has 0 aliphatic heterocycles. The van der Waals surface area contributed by atoms with Crippen LogP contribution in [0.15, 0.2) is 0 Å². The number of esters is 1. The zero-order valence-corrected chi connectivity index (χ0v) is 13.4. The van der Waals surface area contributed by atoms with Crippen LogP contribution in [0.25, 0.3) is 0 Å².